The molecule has 3 nitrogen and oxygen atoms in total. The number of carbonyl (C=O) groups excluding carboxylic acids is 1. The van der Waals surface area contributed by atoms with Crippen LogP contribution in [-0.4, -0.2) is 30.2 Å². The Morgan fingerprint density at radius 3 is 2.00 bits per heavy atom. The number of quaternary nitrogens is 1. The Labute approximate surface area is 86.3 Å². The molecule has 0 N–H and O–H groups in total. The second kappa shape index (κ2) is 4.63. The molecule has 13 heavy (non-hydrogen) atoms. The van der Waals surface area contributed by atoms with Crippen LogP contribution in [0.4, 0.5) is 0 Å². The number of hydroxylamine groups is 3. The average molecular weight is 208 g/mol. The molecule has 0 aromatic heterocycles. The van der Waals surface area contributed by atoms with Gasteiger partial charge in [-0.25, -0.2) is 4.79 Å². The maximum atomic E-state index is 10.9. The van der Waals surface area contributed by atoms with E-state index in [1.807, 2.05) is 34.9 Å². The molecule has 0 atom stereocenters. The Morgan fingerprint density at radius 2 is 1.77 bits per heavy atom. The fraction of sp³-hybridized carbons (Fsp3) is 0.667. The Balaban J connectivity index is 0. The largest absolute Gasteiger partial charge is 1.00 e. The van der Waals surface area contributed by atoms with E-state index in [2.05, 4.69) is 6.58 Å². The van der Waals surface area contributed by atoms with E-state index in [-0.39, 0.29) is 22.6 Å². The zero-order valence-electron chi connectivity index (χ0n) is 8.93. The minimum atomic E-state index is -0.394. The SMILES string of the molecule is C=CC(=O)O[N+](C)(C)C(C)(C)C.[Cl-]. The normalized spacial score (nSPS) is 11.5. The monoisotopic (exact) mass is 207 g/mol. The van der Waals surface area contributed by atoms with Crippen LogP contribution in [0.15, 0.2) is 12.7 Å². The fourth-order valence-electron chi connectivity index (χ4n) is 0.399. The quantitative estimate of drug-likeness (QED) is 0.313. The Morgan fingerprint density at radius 1 is 1.38 bits per heavy atom. The van der Waals surface area contributed by atoms with Crippen molar-refractivity contribution in [1.29, 1.82) is 0 Å². The summed E-state index contributed by atoms with van der Waals surface area (Å²) in [4.78, 5) is 16.1. The van der Waals surface area contributed by atoms with Crippen molar-refractivity contribution >= 4 is 5.97 Å². The molecule has 0 aliphatic heterocycles. The van der Waals surface area contributed by atoms with Gasteiger partial charge in [-0.2, -0.15) is 0 Å². The maximum Gasteiger partial charge on any atom is 0.389 e. The van der Waals surface area contributed by atoms with Gasteiger partial charge in [0.05, 0.1) is 0 Å². The fourth-order valence-corrected chi connectivity index (χ4v) is 0.399. The van der Waals surface area contributed by atoms with E-state index in [0.29, 0.717) is 0 Å². The molecule has 0 fully saturated rings. The van der Waals surface area contributed by atoms with Gasteiger partial charge < -0.3 is 12.4 Å². The first-order valence-corrected chi connectivity index (χ1v) is 3.91. The third-order valence-electron chi connectivity index (χ3n) is 2.10. The maximum absolute atomic E-state index is 10.9. The average Bonchev–Trinajstić information content (AvgIpc) is 1.84. The van der Waals surface area contributed by atoms with Crippen LogP contribution >= 0.6 is 0 Å². The topological polar surface area (TPSA) is 26.3 Å². The lowest BCUT2D eigenvalue weighted by atomic mass is 10.1. The summed E-state index contributed by atoms with van der Waals surface area (Å²) in [7, 11) is 3.67. The number of nitrogens with zero attached hydrogens (tertiary/aromatic N) is 1. The summed E-state index contributed by atoms with van der Waals surface area (Å²) in [6.45, 7) is 9.35. The highest BCUT2D eigenvalue weighted by atomic mass is 35.5. The van der Waals surface area contributed by atoms with Crippen molar-refractivity contribution in [3.63, 3.8) is 0 Å². The molecular weight excluding hydrogens is 190 g/mol. The van der Waals surface area contributed by atoms with Gasteiger partial charge in [-0.15, -0.1) is 4.65 Å². The summed E-state index contributed by atoms with van der Waals surface area (Å²) < 4.78 is 0.192. The van der Waals surface area contributed by atoms with Gasteiger partial charge in [-0.05, 0) is 20.8 Å². The highest BCUT2D eigenvalue weighted by molar-refractivity contribution is 5.80. The predicted molar refractivity (Wildman–Crippen MR) is 48.2 cm³/mol. The van der Waals surface area contributed by atoms with Crippen molar-refractivity contribution in [3.05, 3.63) is 12.7 Å². The van der Waals surface area contributed by atoms with Crippen LogP contribution < -0.4 is 12.4 Å². The lowest BCUT2D eigenvalue weighted by Gasteiger charge is -2.37. The number of halogens is 1. The van der Waals surface area contributed by atoms with E-state index in [0.717, 1.165) is 0 Å². The molecule has 0 radical (unpaired) electrons. The number of rotatable bonds is 2. The van der Waals surface area contributed by atoms with Gasteiger partial charge in [-0.3, -0.25) is 4.84 Å². The predicted octanol–water partition coefficient (Wildman–Crippen LogP) is -1.49. The van der Waals surface area contributed by atoms with Crippen molar-refractivity contribution in [1.82, 2.24) is 0 Å². The second-order valence-electron chi connectivity index (χ2n) is 4.14. The van der Waals surface area contributed by atoms with Crippen LogP contribution in [0, 0.1) is 0 Å². The van der Waals surface area contributed by atoms with Crippen LogP contribution in [0.3, 0.4) is 0 Å². The molecule has 4 heteroatoms. The third-order valence-corrected chi connectivity index (χ3v) is 2.10. The molecule has 0 spiro atoms. The van der Waals surface area contributed by atoms with Crippen LogP contribution in [0.1, 0.15) is 20.8 Å². The molecule has 0 saturated heterocycles. The lowest BCUT2D eigenvalue weighted by Crippen LogP contribution is -3.00. The van der Waals surface area contributed by atoms with Crippen molar-refractivity contribution in [2.75, 3.05) is 14.1 Å². The zero-order valence-corrected chi connectivity index (χ0v) is 9.68. The third kappa shape index (κ3) is 4.29. The van der Waals surface area contributed by atoms with Crippen LogP contribution in [0.5, 0.6) is 0 Å². The zero-order chi connectivity index (χ0) is 9.99. The minimum absolute atomic E-state index is 0. The minimum Gasteiger partial charge on any atom is -1.00 e. The van der Waals surface area contributed by atoms with Crippen LogP contribution in [0.2, 0.25) is 0 Å². The molecular formula is C9H18ClNO2. The summed E-state index contributed by atoms with van der Waals surface area (Å²) in [5.41, 5.74) is -0.126. The number of hydrogen-bond acceptors (Lipinski definition) is 2. The molecule has 0 bridgehead atoms. The van der Waals surface area contributed by atoms with Crippen LogP contribution in [0.25, 0.3) is 0 Å². The van der Waals surface area contributed by atoms with E-state index in [9.17, 15) is 4.79 Å². The van der Waals surface area contributed by atoms with E-state index in [1.54, 1.807) is 0 Å². The van der Waals surface area contributed by atoms with Gasteiger partial charge in [0, 0.05) is 6.08 Å². The summed E-state index contributed by atoms with van der Waals surface area (Å²) in [5.74, 6) is -0.394. The Hall–Kier alpha value is -0.540. The molecule has 0 unspecified atom stereocenters. The van der Waals surface area contributed by atoms with Gasteiger partial charge in [0.15, 0.2) is 0 Å². The van der Waals surface area contributed by atoms with Gasteiger partial charge in [0.25, 0.3) is 0 Å². The summed E-state index contributed by atoms with van der Waals surface area (Å²) in [6.07, 6.45) is 1.17. The molecule has 0 amide bonds. The molecule has 0 aliphatic carbocycles. The highest BCUT2D eigenvalue weighted by Crippen LogP contribution is 2.19. The summed E-state index contributed by atoms with van der Waals surface area (Å²) >= 11 is 0. The molecule has 78 valence electrons. The van der Waals surface area contributed by atoms with Gasteiger partial charge in [0.1, 0.15) is 19.6 Å². The van der Waals surface area contributed by atoms with Crippen molar-refractivity contribution in [2.24, 2.45) is 0 Å². The van der Waals surface area contributed by atoms with E-state index < -0.39 is 5.97 Å². The van der Waals surface area contributed by atoms with Crippen molar-refractivity contribution in [3.8, 4) is 0 Å². The van der Waals surface area contributed by atoms with Gasteiger partial charge >= 0.3 is 5.97 Å². The van der Waals surface area contributed by atoms with Gasteiger partial charge in [-0.1, -0.05) is 6.58 Å². The smallest absolute Gasteiger partial charge is 0.389 e. The molecule has 0 rings (SSSR count). The Kier molecular flexibility index (Phi) is 5.32. The lowest BCUT2D eigenvalue weighted by molar-refractivity contribution is -1.09. The molecule has 0 saturated carbocycles. The molecule has 0 aliphatic rings. The van der Waals surface area contributed by atoms with Crippen LogP contribution in [-0.2, 0) is 9.63 Å². The van der Waals surface area contributed by atoms with E-state index >= 15 is 0 Å². The number of hydrogen-bond donors (Lipinski definition) is 0. The molecule has 0 heterocycles. The van der Waals surface area contributed by atoms with E-state index in [1.165, 1.54) is 6.08 Å². The standard InChI is InChI=1S/C9H18NO2.ClH/c1-7-8(11)12-10(5,6)9(2,3)4;/h7H,1H2,2-6H3;1H/q+1;/p-1. The van der Waals surface area contributed by atoms with E-state index in [4.69, 9.17) is 4.84 Å². The van der Waals surface area contributed by atoms with Gasteiger partial charge in [0.2, 0.25) is 0 Å². The molecule has 0 aromatic rings. The number of carbonyl (C=O) groups is 1. The first kappa shape index (κ1) is 15.0. The summed E-state index contributed by atoms with van der Waals surface area (Å²) in [6, 6.07) is 0. The Bertz CT molecular complexity index is 194. The second-order valence-corrected chi connectivity index (χ2v) is 4.14. The summed E-state index contributed by atoms with van der Waals surface area (Å²) in [5, 5.41) is 0. The first-order valence-electron chi connectivity index (χ1n) is 3.91. The molecule has 0 aromatic carbocycles. The van der Waals surface area contributed by atoms with Crippen molar-refractivity contribution in [2.45, 2.75) is 26.3 Å². The van der Waals surface area contributed by atoms with Crippen molar-refractivity contribution < 1.29 is 26.7 Å². The highest BCUT2D eigenvalue weighted by Gasteiger charge is 2.36. The first-order chi connectivity index (χ1) is 5.20.